The van der Waals surface area contributed by atoms with E-state index in [-0.39, 0.29) is 5.97 Å². The van der Waals surface area contributed by atoms with Gasteiger partial charge < -0.3 is 14.7 Å². The number of piperazine rings is 1. The lowest BCUT2D eigenvalue weighted by atomic mass is 10.2. The fourth-order valence-corrected chi connectivity index (χ4v) is 2.00. The van der Waals surface area contributed by atoms with Gasteiger partial charge >= 0.3 is 12.1 Å². The number of hydrogen-bond donors (Lipinski definition) is 1. The van der Waals surface area contributed by atoms with Crippen molar-refractivity contribution >= 4 is 12.1 Å². The molecule has 19 heavy (non-hydrogen) atoms. The third kappa shape index (κ3) is 6.42. The highest BCUT2D eigenvalue weighted by atomic mass is 16.6. The van der Waals surface area contributed by atoms with Crippen LogP contribution in [-0.2, 0) is 9.53 Å². The van der Waals surface area contributed by atoms with Crippen LogP contribution >= 0.6 is 0 Å². The SMILES string of the molecule is CC(C)(C)OC(=O)CCCN1CCN(C(=O)O)CC1. The summed E-state index contributed by atoms with van der Waals surface area (Å²) in [5.41, 5.74) is -0.426. The van der Waals surface area contributed by atoms with Crippen molar-refractivity contribution in [2.24, 2.45) is 0 Å². The summed E-state index contributed by atoms with van der Waals surface area (Å²) >= 11 is 0. The van der Waals surface area contributed by atoms with E-state index in [9.17, 15) is 9.59 Å². The Morgan fingerprint density at radius 3 is 2.21 bits per heavy atom. The average Bonchev–Trinajstić information content (AvgIpc) is 2.27. The van der Waals surface area contributed by atoms with E-state index in [4.69, 9.17) is 9.84 Å². The first-order valence-corrected chi connectivity index (χ1v) is 6.70. The number of carbonyl (C=O) groups excluding carboxylic acids is 1. The van der Waals surface area contributed by atoms with Gasteiger partial charge in [0.2, 0.25) is 0 Å². The van der Waals surface area contributed by atoms with Gasteiger partial charge in [0.1, 0.15) is 5.60 Å². The predicted octanol–water partition coefficient (Wildman–Crippen LogP) is 1.40. The summed E-state index contributed by atoms with van der Waals surface area (Å²) in [4.78, 5) is 25.9. The van der Waals surface area contributed by atoms with Crippen molar-refractivity contribution in [3.05, 3.63) is 0 Å². The molecule has 1 N–H and O–H groups in total. The maximum atomic E-state index is 11.5. The molecule has 0 aromatic rings. The zero-order valence-corrected chi connectivity index (χ0v) is 12.0. The molecule has 0 atom stereocenters. The molecule has 1 heterocycles. The van der Waals surface area contributed by atoms with Crippen molar-refractivity contribution in [3.63, 3.8) is 0 Å². The second-order valence-corrected chi connectivity index (χ2v) is 5.80. The van der Waals surface area contributed by atoms with Gasteiger partial charge in [0, 0.05) is 32.6 Å². The third-order valence-electron chi connectivity index (χ3n) is 2.92. The topological polar surface area (TPSA) is 70.1 Å². The van der Waals surface area contributed by atoms with Crippen molar-refractivity contribution in [1.29, 1.82) is 0 Å². The van der Waals surface area contributed by atoms with Crippen LogP contribution in [0.1, 0.15) is 33.6 Å². The van der Waals surface area contributed by atoms with Gasteiger partial charge in [-0.05, 0) is 33.7 Å². The van der Waals surface area contributed by atoms with E-state index >= 15 is 0 Å². The Bertz CT molecular complexity index is 317. The van der Waals surface area contributed by atoms with Crippen LogP contribution in [0.4, 0.5) is 4.79 Å². The normalized spacial score (nSPS) is 17.3. The largest absolute Gasteiger partial charge is 0.465 e. The van der Waals surface area contributed by atoms with Crippen LogP contribution in [-0.4, -0.2) is 65.3 Å². The van der Waals surface area contributed by atoms with Crippen LogP contribution < -0.4 is 0 Å². The summed E-state index contributed by atoms with van der Waals surface area (Å²) < 4.78 is 5.23. The fourth-order valence-electron chi connectivity index (χ4n) is 2.00. The van der Waals surface area contributed by atoms with E-state index in [2.05, 4.69) is 4.90 Å². The second kappa shape index (κ2) is 6.75. The highest BCUT2D eigenvalue weighted by Crippen LogP contribution is 2.10. The molecule has 110 valence electrons. The van der Waals surface area contributed by atoms with Crippen molar-refractivity contribution in [2.75, 3.05) is 32.7 Å². The van der Waals surface area contributed by atoms with Gasteiger partial charge in [-0.1, -0.05) is 0 Å². The van der Waals surface area contributed by atoms with E-state index in [0.29, 0.717) is 19.5 Å². The molecule has 1 fully saturated rings. The number of carboxylic acid groups (broad SMARTS) is 1. The highest BCUT2D eigenvalue weighted by Gasteiger charge is 2.20. The molecule has 0 spiro atoms. The first kappa shape index (κ1) is 15.8. The van der Waals surface area contributed by atoms with Crippen LogP contribution in [0.25, 0.3) is 0 Å². The minimum Gasteiger partial charge on any atom is -0.465 e. The molecule has 6 nitrogen and oxygen atoms in total. The molecule has 1 saturated heterocycles. The molecule has 0 aromatic heterocycles. The molecule has 0 aliphatic carbocycles. The summed E-state index contributed by atoms with van der Waals surface area (Å²) in [5, 5.41) is 8.83. The Morgan fingerprint density at radius 1 is 1.16 bits per heavy atom. The monoisotopic (exact) mass is 272 g/mol. The smallest absolute Gasteiger partial charge is 0.407 e. The fraction of sp³-hybridized carbons (Fsp3) is 0.846. The molecular formula is C13H24N2O4. The Hall–Kier alpha value is -1.30. The second-order valence-electron chi connectivity index (χ2n) is 5.80. The van der Waals surface area contributed by atoms with Gasteiger partial charge in [0.15, 0.2) is 0 Å². The molecule has 1 rings (SSSR count). The molecule has 0 aromatic carbocycles. The standard InChI is InChI=1S/C13H24N2O4/c1-13(2,3)19-11(16)5-4-6-14-7-9-15(10-8-14)12(17)18/h4-10H2,1-3H3,(H,17,18). The number of rotatable bonds is 4. The highest BCUT2D eigenvalue weighted by molar-refractivity contribution is 5.69. The number of nitrogens with zero attached hydrogens (tertiary/aromatic N) is 2. The number of ether oxygens (including phenoxy) is 1. The van der Waals surface area contributed by atoms with Crippen molar-refractivity contribution in [3.8, 4) is 0 Å². The average molecular weight is 272 g/mol. The van der Waals surface area contributed by atoms with Gasteiger partial charge in [-0.3, -0.25) is 9.69 Å². The number of carbonyl (C=O) groups is 2. The molecular weight excluding hydrogens is 248 g/mol. The van der Waals surface area contributed by atoms with Gasteiger partial charge in [-0.15, -0.1) is 0 Å². The summed E-state index contributed by atoms with van der Waals surface area (Å²) in [6.07, 6.45) is 0.312. The summed E-state index contributed by atoms with van der Waals surface area (Å²) in [6, 6.07) is 0. The van der Waals surface area contributed by atoms with Crippen LogP contribution in [0.5, 0.6) is 0 Å². The van der Waals surface area contributed by atoms with Crippen LogP contribution in [0.2, 0.25) is 0 Å². The van der Waals surface area contributed by atoms with Crippen LogP contribution in [0.15, 0.2) is 0 Å². The lowest BCUT2D eigenvalue weighted by Crippen LogP contribution is -2.48. The summed E-state index contributed by atoms with van der Waals surface area (Å²) in [7, 11) is 0. The number of amides is 1. The number of hydrogen-bond acceptors (Lipinski definition) is 4. The quantitative estimate of drug-likeness (QED) is 0.783. The third-order valence-corrected chi connectivity index (χ3v) is 2.92. The van der Waals surface area contributed by atoms with E-state index < -0.39 is 11.7 Å². The van der Waals surface area contributed by atoms with Gasteiger partial charge in [0.05, 0.1) is 0 Å². The van der Waals surface area contributed by atoms with Crippen molar-refractivity contribution in [1.82, 2.24) is 9.80 Å². The van der Waals surface area contributed by atoms with Gasteiger partial charge in [-0.25, -0.2) is 4.79 Å². The van der Waals surface area contributed by atoms with Crippen molar-refractivity contribution in [2.45, 2.75) is 39.2 Å². The lowest BCUT2D eigenvalue weighted by Gasteiger charge is -2.33. The van der Waals surface area contributed by atoms with E-state index in [1.165, 1.54) is 4.90 Å². The van der Waals surface area contributed by atoms with E-state index in [0.717, 1.165) is 26.1 Å². The van der Waals surface area contributed by atoms with Crippen LogP contribution in [0.3, 0.4) is 0 Å². The Labute approximate surface area is 114 Å². The Morgan fingerprint density at radius 2 is 1.74 bits per heavy atom. The predicted molar refractivity (Wildman–Crippen MR) is 71.1 cm³/mol. The minimum atomic E-state index is -0.853. The van der Waals surface area contributed by atoms with Gasteiger partial charge in [-0.2, -0.15) is 0 Å². The summed E-state index contributed by atoms with van der Waals surface area (Å²) in [5.74, 6) is -0.170. The molecule has 1 aliphatic heterocycles. The molecule has 0 unspecified atom stereocenters. The Kier molecular flexibility index (Phi) is 5.60. The molecule has 6 heteroatoms. The molecule has 0 bridgehead atoms. The Balaban J connectivity index is 2.14. The van der Waals surface area contributed by atoms with E-state index in [1.54, 1.807) is 0 Å². The zero-order valence-electron chi connectivity index (χ0n) is 12.0. The van der Waals surface area contributed by atoms with Gasteiger partial charge in [0.25, 0.3) is 0 Å². The molecule has 1 aliphatic rings. The lowest BCUT2D eigenvalue weighted by molar-refractivity contribution is -0.155. The number of esters is 1. The van der Waals surface area contributed by atoms with Crippen LogP contribution in [0, 0.1) is 0 Å². The molecule has 0 saturated carbocycles. The first-order valence-electron chi connectivity index (χ1n) is 6.70. The first-order chi connectivity index (χ1) is 8.78. The molecule has 0 radical (unpaired) electrons. The van der Waals surface area contributed by atoms with E-state index in [1.807, 2.05) is 20.8 Å². The minimum absolute atomic E-state index is 0.170. The maximum absolute atomic E-state index is 11.5. The zero-order chi connectivity index (χ0) is 14.5. The molecule has 1 amide bonds. The summed E-state index contributed by atoms with van der Waals surface area (Å²) in [6.45, 7) is 8.94. The van der Waals surface area contributed by atoms with Crippen molar-refractivity contribution < 1.29 is 19.4 Å². The maximum Gasteiger partial charge on any atom is 0.407 e.